The van der Waals surface area contributed by atoms with Gasteiger partial charge in [-0.05, 0) is 57.4 Å². The summed E-state index contributed by atoms with van der Waals surface area (Å²) in [5.41, 5.74) is -0.192. The average Bonchev–Trinajstić information content (AvgIpc) is 2.87. The van der Waals surface area contributed by atoms with Crippen LogP contribution in [0.2, 0.25) is 0 Å². The number of halogens is 2. The van der Waals surface area contributed by atoms with E-state index in [0.717, 1.165) is 19.3 Å². The molecule has 1 spiro atoms. The smallest absolute Gasteiger partial charge is 0.350 e. The first-order valence-corrected chi connectivity index (χ1v) is 9.82. The van der Waals surface area contributed by atoms with E-state index in [9.17, 15) is 13.6 Å². The van der Waals surface area contributed by atoms with E-state index in [1.54, 1.807) is 17.0 Å². The zero-order valence-corrected chi connectivity index (χ0v) is 15.5. The van der Waals surface area contributed by atoms with Crippen molar-refractivity contribution in [3.8, 4) is 0 Å². The van der Waals surface area contributed by atoms with Crippen molar-refractivity contribution in [1.29, 1.82) is 0 Å². The van der Waals surface area contributed by atoms with E-state index < -0.39 is 23.6 Å². The van der Waals surface area contributed by atoms with E-state index in [-0.39, 0.29) is 12.1 Å². The maximum Gasteiger partial charge on any atom is 0.350 e. The number of amides is 2. The second kappa shape index (κ2) is 7.19. The molecule has 2 heterocycles. The molecule has 0 aromatic heterocycles. The average molecular weight is 376 g/mol. The van der Waals surface area contributed by atoms with Crippen molar-refractivity contribution in [2.75, 3.05) is 11.4 Å². The molecular weight excluding hydrogens is 350 g/mol. The third-order valence-corrected chi connectivity index (χ3v) is 6.01. The van der Waals surface area contributed by atoms with Crippen LogP contribution in [-0.4, -0.2) is 42.2 Å². The number of alkyl halides is 1. The molecule has 0 radical (unpaired) electrons. The van der Waals surface area contributed by atoms with Crippen molar-refractivity contribution in [1.82, 2.24) is 10.6 Å². The van der Waals surface area contributed by atoms with Gasteiger partial charge >= 0.3 is 6.03 Å². The summed E-state index contributed by atoms with van der Waals surface area (Å²) in [5, 5.41) is 6.68. The van der Waals surface area contributed by atoms with Crippen molar-refractivity contribution in [2.24, 2.45) is 4.99 Å². The Kier molecular flexibility index (Phi) is 4.88. The molecule has 0 bridgehead atoms. The summed E-state index contributed by atoms with van der Waals surface area (Å²) in [7, 11) is 0. The quantitative estimate of drug-likeness (QED) is 0.830. The van der Waals surface area contributed by atoms with Crippen molar-refractivity contribution in [3.63, 3.8) is 0 Å². The molecule has 2 fully saturated rings. The molecule has 3 aliphatic rings. The van der Waals surface area contributed by atoms with Crippen LogP contribution in [-0.2, 0) is 0 Å². The van der Waals surface area contributed by atoms with Gasteiger partial charge in [-0.15, -0.1) is 0 Å². The maximum atomic E-state index is 14.4. The number of hydrogen-bond acceptors (Lipinski definition) is 3. The molecule has 5 nitrogen and oxygen atoms in total. The number of urea groups is 1. The first kappa shape index (κ1) is 18.3. The molecule has 146 valence electrons. The first-order chi connectivity index (χ1) is 13.0. The third-order valence-electron chi connectivity index (χ3n) is 6.01. The fourth-order valence-corrected chi connectivity index (χ4v) is 4.73. The first-order valence-electron chi connectivity index (χ1n) is 9.82. The van der Waals surface area contributed by atoms with Gasteiger partial charge in [0, 0.05) is 11.7 Å². The summed E-state index contributed by atoms with van der Waals surface area (Å²) in [4.78, 5) is 18.8. The highest BCUT2D eigenvalue weighted by molar-refractivity contribution is 6.16. The summed E-state index contributed by atoms with van der Waals surface area (Å²) in [5.74, 6) is 0.148. The van der Waals surface area contributed by atoms with Gasteiger partial charge in [-0.2, -0.15) is 4.99 Å². The monoisotopic (exact) mass is 376 g/mol. The Balaban J connectivity index is 1.70. The Morgan fingerprint density at radius 3 is 2.89 bits per heavy atom. The zero-order valence-electron chi connectivity index (χ0n) is 15.5. The molecule has 1 aliphatic carbocycles. The number of benzene rings is 1. The highest BCUT2D eigenvalue weighted by atomic mass is 19.1. The summed E-state index contributed by atoms with van der Waals surface area (Å²) < 4.78 is 28.3. The van der Waals surface area contributed by atoms with Crippen LogP contribution < -0.4 is 15.5 Å². The van der Waals surface area contributed by atoms with Crippen LogP contribution in [0.3, 0.4) is 0 Å². The van der Waals surface area contributed by atoms with Gasteiger partial charge in [0.2, 0.25) is 0 Å². The van der Waals surface area contributed by atoms with Crippen LogP contribution in [0.1, 0.15) is 45.4 Å². The van der Waals surface area contributed by atoms with E-state index in [4.69, 9.17) is 0 Å². The van der Waals surface area contributed by atoms with Gasteiger partial charge in [0.05, 0.1) is 6.04 Å². The second-order valence-corrected chi connectivity index (χ2v) is 7.95. The van der Waals surface area contributed by atoms with E-state index in [1.165, 1.54) is 12.1 Å². The molecule has 1 aromatic rings. The number of anilines is 1. The predicted molar refractivity (Wildman–Crippen MR) is 101 cm³/mol. The topological polar surface area (TPSA) is 56.7 Å². The van der Waals surface area contributed by atoms with Gasteiger partial charge in [0.1, 0.15) is 23.4 Å². The standard InChI is InChI=1S/C20H26F2N4O/c1-13-12-20(9-10-23-13)18(24-17-8-3-2-7-16(17)22)25-19(27)26(20)15-6-4-5-14(21)11-15/h4-6,11,13,16-17,23H,2-3,7-10,12H2,1H3,(H,24,25,27)/t13-,16-,17-,20+/m0/s1. The summed E-state index contributed by atoms with van der Waals surface area (Å²) in [6.07, 6.45) is 3.50. The summed E-state index contributed by atoms with van der Waals surface area (Å²) in [6.45, 7) is 2.77. The fourth-order valence-electron chi connectivity index (χ4n) is 4.73. The molecule has 2 amide bonds. The molecule has 4 atom stereocenters. The Hall–Kier alpha value is -2.02. The number of carbonyl (C=O) groups excluding carboxylic acids is 1. The minimum Gasteiger partial charge on any atom is -0.366 e. The molecule has 2 N–H and O–H groups in total. The van der Waals surface area contributed by atoms with Crippen LogP contribution in [0, 0.1) is 5.82 Å². The highest BCUT2D eigenvalue weighted by Gasteiger charge is 2.53. The van der Waals surface area contributed by atoms with Gasteiger partial charge in [0.25, 0.3) is 0 Å². The maximum absolute atomic E-state index is 14.4. The van der Waals surface area contributed by atoms with Crippen LogP contribution in [0.4, 0.5) is 19.3 Å². The largest absolute Gasteiger partial charge is 0.366 e. The van der Waals surface area contributed by atoms with E-state index >= 15 is 0 Å². The van der Waals surface area contributed by atoms with Gasteiger partial charge in [-0.3, -0.25) is 4.90 Å². The minimum absolute atomic E-state index is 0.167. The number of aliphatic imine (C=N–C) groups is 1. The molecule has 2 aliphatic heterocycles. The zero-order chi connectivity index (χ0) is 19.0. The van der Waals surface area contributed by atoms with Crippen LogP contribution in [0.5, 0.6) is 0 Å². The normalized spacial score (nSPS) is 34.0. The predicted octanol–water partition coefficient (Wildman–Crippen LogP) is 3.55. The SMILES string of the molecule is C[C@H]1C[C@]2(CCN1)C(N[C@H]1CCCC[C@@H]1F)=NC(=O)N2c1cccc(F)c1. The molecule has 1 aromatic carbocycles. The van der Waals surface area contributed by atoms with E-state index in [0.29, 0.717) is 37.3 Å². The van der Waals surface area contributed by atoms with Crippen molar-refractivity contribution in [2.45, 2.75) is 69.2 Å². The van der Waals surface area contributed by atoms with Crippen LogP contribution in [0.15, 0.2) is 29.3 Å². The van der Waals surface area contributed by atoms with Gasteiger partial charge in [-0.1, -0.05) is 18.9 Å². The number of nitrogens with one attached hydrogen (secondary N) is 2. The number of rotatable bonds is 2. The van der Waals surface area contributed by atoms with Crippen molar-refractivity contribution >= 4 is 17.6 Å². The minimum atomic E-state index is -0.934. The molecule has 1 saturated heterocycles. The number of piperidine rings is 1. The second-order valence-electron chi connectivity index (χ2n) is 7.95. The van der Waals surface area contributed by atoms with E-state index in [2.05, 4.69) is 22.5 Å². The summed E-state index contributed by atoms with van der Waals surface area (Å²) in [6, 6.07) is 5.48. The number of nitrogens with zero attached hydrogens (tertiary/aromatic N) is 2. The molecular formula is C20H26F2N4O. The molecule has 7 heteroatoms. The van der Waals surface area contributed by atoms with Crippen LogP contribution >= 0.6 is 0 Å². The Morgan fingerprint density at radius 1 is 1.33 bits per heavy atom. The molecule has 4 rings (SSSR count). The van der Waals surface area contributed by atoms with Crippen LogP contribution in [0.25, 0.3) is 0 Å². The van der Waals surface area contributed by atoms with Gasteiger partial charge in [-0.25, -0.2) is 13.6 Å². The molecule has 0 unspecified atom stereocenters. The highest BCUT2D eigenvalue weighted by Crippen LogP contribution is 2.39. The number of amidine groups is 1. The van der Waals surface area contributed by atoms with Crippen molar-refractivity contribution < 1.29 is 13.6 Å². The Labute approximate surface area is 158 Å². The molecule has 27 heavy (non-hydrogen) atoms. The molecule has 1 saturated carbocycles. The Bertz CT molecular complexity index is 755. The van der Waals surface area contributed by atoms with E-state index in [1.807, 2.05) is 0 Å². The lowest BCUT2D eigenvalue weighted by molar-refractivity contribution is 0.201. The lowest BCUT2D eigenvalue weighted by atomic mass is 9.81. The fraction of sp³-hybridized carbons (Fsp3) is 0.600. The van der Waals surface area contributed by atoms with Gasteiger partial charge in [0.15, 0.2) is 0 Å². The Morgan fingerprint density at radius 2 is 2.15 bits per heavy atom. The lowest BCUT2D eigenvalue weighted by Gasteiger charge is -2.45. The third kappa shape index (κ3) is 3.33. The number of hydrogen-bond donors (Lipinski definition) is 2. The lowest BCUT2D eigenvalue weighted by Crippen LogP contribution is -2.64. The van der Waals surface area contributed by atoms with Gasteiger partial charge < -0.3 is 10.6 Å². The summed E-state index contributed by atoms with van der Waals surface area (Å²) >= 11 is 0. The van der Waals surface area contributed by atoms with Crippen molar-refractivity contribution in [3.05, 3.63) is 30.1 Å². The number of carbonyl (C=O) groups is 1.